The zero-order valence-corrected chi connectivity index (χ0v) is 15.9. The molecule has 1 aliphatic rings. The van der Waals surface area contributed by atoms with Crippen LogP contribution in [0.2, 0.25) is 0 Å². The number of methoxy groups -OCH3 is 2. The molecule has 1 aliphatic heterocycles. The minimum absolute atomic E-state index is 0. The smallest absolute Gasteiger partial charge is 0.227 e. The molecule has 140 valence electrons. The number of carbonyl (C=O) groups excluding carboxylic acids is 1. The molecule has 0 spiro atoms. The SMILES string of the molecule is COc1cccc(CC(=O)N2CCNCC2c2ccccc2OC)c1.Cl. The number of para-hydroxylation sites is 1. The van der Waals surface area contributed by atoms with Crippen LogP contribution in [0, 0.1) is 0 Å². The number of benzene rings is 2. The van der Waals surface area contributed by atoms with Gasteiger partial charge in [0.25, 0.3) is 0 Å². The van der Waals surface area contributed by atoms with Crippen LogP contribution in [0.1, 0.15) is 17.2 Å². The molecule has 5 nitrogen and oxygen atoms in total. The number of carbonyl (C=O) groups is 1. The van der Waals surface area contributed by atoms with E-state index in [0.29, 0.717) is 13.0 Å². The minimum atomic E-state index is -0.0250. The predicted molar refractivity (Wildman–Crippen MR) is 104 cm³/mol. The Hall–Kier alpha value is -2.24. The van der Waals surface area contributed by atoms with Crippen molar-refractivity contribution in [3.63, 3.8) is 0 Å². The number of nitrogens with zero attached hydrogens (tertiary/aromatic N) is 1. The summed E-state index contributed by atoms with van der Waals surface area (Å²) < 4.78 is 10.7. The number of hydrogen-bond donors (Lipinski definition) is 1. The average Bonchev–Trinajstić information content (AvgIpc) is 2.68. The van der Waals surface area contributed by atoms with Gasteiger partial charge in [0.2, 0.25) is 5.91 Å². The van der Waals surface area contributed by atoms with Gasteiger partial charge in [0, 0.05) is 25.2 Å². The summed E-state index contributed by atoms with van der Waals surface area (Å²) in [7, 11) is 3.30. The molecular formula is C20H25ClN2O3. The van der Waals surface area contributed by atoms with Crippen LogP contribution in [-0.2, 0) is 11.2 Å². The van der Waals surface area contributed by atoms with E-state index in [1.165, 1.54) is 0 Å². The molecule has 0 aromatic heterocycles. The summed E-state index contributed by atoms with van der Waals surface area (Å²) in [5.41, 5.74) is 2.00. The quantitative estimate of drug-likeness (QED) is 0.871. The number of ether oxygens (including phenoxy) is 2. The van der Waals surface area contributed by atoms with Crippen LogP contribution in [-0.4, -0.2) is 44.7 Å². The summed E-state index contributed by atoms with van der Waals surface area (Å²) in [6.07, 6.45) is 0.364. The highest BCUT2D eigenvalue weighted by atomic mass is 35.5. The van der Waals surface area contributed by atoms with Crippen LogP contribution in [0.3, 0.4) is 0 Å². The molecule has 6 heteroatoms. The first kappa shape index (κ1) is 20.1. The van der Waals surface area contributed by atoms with Gasteiger partial charge in [0.05, 0.1) is 26.7 Å². The summed E-state index contributed by atoms with van der Waals surface area (Å²) in [5.74, 6) is 1.70. The lowest BCUT2D eigenvalue weighted by Gasteiger charge is -2.37. The molecule has 26 heavy (non-hydrogen) atoms. The lowest BCUT2D eigenvalue weighted by atomic mass is 10.0. The molecule has 1 heterocycles. The fourth-order valence-corrected chi connectivity index (χ4v) is 3.28. The molecule has 3 rings (SSSR count). The maximum absolute atomic E-state index is 13.0. The summed E-state index contributed by atoms with van der Waals surface area (Å²) in [4.78, 5) is 14.9. The van der Waals surface area contributed by atoms with Gasteiger partial charge in [-0.15, -0.1) is 12.4 Å². The molecule has 1 saturated heterocycles. The Labute approximate surface area is 160 Å². The topological polar surface area (TPSA) is 50.8 Å². The van der Waals surface area contributed by atoms with Crippen molar-refractivity contribution in [1.29, 1.82) is 0 Å². The van der Waals surface area contributed by atoms with Crippen LogP contribution in [0.4, 0.5) is 0 Å². The van der Waals surface area contributed by atoms with Crippen molar-refractivity contribution in [1.82, 2.24) is 10.2 Å². The normalized spacial score (nSPS) is 16.5. The number of nitrogens with one attached hydrogen (secondary N) is 1. The highest BCUT2D eigenvalue weighted by Gasteiger charge is 2.29. The van der Waals surface area contributed by atoms with E-state index >= 15 is 0 Å². The second-order valence-corrected chi connectivity index (χ2v) is 6.08. The standard InChI is InChI=1S/C20H24N2O3.ClH/c1-24-16-7-5-6-15(12-16)13-20(23)22-11-10-21-14-18(22)17-8-3-4-9-19(17)25-2;/h3-9,12,18,21H,10-11,13-14H2,1-2H3;1H. The number of piperazine rings is 1. The second kappa shape index (κ2) is 9.46. The molecule has 2 aromatic rings. The first-order valence-corrected chi connectivity index (χ1v) is 8.49. The van der Waals surface area contributed by atoms with E-state index in [2.05, 4.69) is 5.32 Å². The predicted octanol–water partition coefficient (Wildman–Crippen LogP) is 2.84. The summed E-state index contributed by atoms with van der Waals surface area (Å²) in [6.45, 7) is 2.21. The lowest BCUT2D eigenvalue weighted by Crippen LogP contribution is -2.49. The molecule has 1 amide bonds. The fourth-order valence-electron chi connectivity index (χ4n) is 3.28. The van der Waals surface area contributed by atoms with Crippen molar-refractivity contribution in [3.8, 4) is 11.5 Å². The summed E-state index contributed by atoms with van der Waals surface area (Å²) >= 11 is 0. The highest BCUT2D eigenvalue weighted by molar-refractivity contribution is 5.85. The van der Waals surface area contributed by atoms with Crippen LogP contribution < -0.4 is 14.8 Å². The number of amides is 1. The van der Waals surface area contributed by atoms with Gasteiger partial charge in [0.1, 0.15) is 11.5 Å². The van der Waals surface area contributed by atoms with Gasteiger partial charge in [-0.05, 0) is 23.8 Å². The monoisotopic (exact) mass is 376 g/mol. The Morgan fingerprint density at radius 2 is 1.96 bits per heavy atom. The zero-order valence-electron chi connectivity index (χ0n) is 15.1. The molecule has 1 fully saturated rings. The summed E-state index contributed by atoms with van der Waals surface area (Å²) in [6, 6.07) is 15.5. The zero-order chi connectivity index (χ0) is 17.6. The molecule has 2 aromatic carbocycles. The van der Waals surface area contributed by atoms with Gasteiger partial charge in [-0.3, -0.25) is 4.79 Å². The van der Waals surface area contributed by atoms with Crippen molar-refractivity contribution in [2.24, 2.45) is 0 Å². The maximum atomic E-state index is 13.0. The third-order valence-electron chi connectivity index (χ3n) is 4.55. The molecule has 0 radical (unpaired) electrons. The second-order valence-electron chi connectivity index (χ2n) is 6.08. The highest BCUT2D eigenvalue weighted by Crippen LogP contribution is 2.30. The third kappa shape index (κ3) is 4.48. The Bertz CT molecular complexity index is 739. The Morgan fingerprint density at radius 3 is 2.73 bits per heavy atom. The first-order valence-electron chi connectivity index (χ1n) is 8.49. The van der Waals surface area contributed by atoms with Crippen molar-refractivity contribution in [2.45, 2.75) is 12.5 Å². The van der Waals surface area contributed by atoms with Gasteiger partial charge in [-0.2, -0.15) is 0 Å². The van der Waals surface area contributed by atoms with Crippen LogP contribution in [0.15, 0.2) is 48.5 Å². The number of hydrogen-bond acceptors (Lipinski definition) is 4. The number of rotatable bonds is 5. The van der Waals surface area contributed by atoms with Gasteiger partial charge in [-0.25, -0.2) is 0 Å². The van der Waals surface area contributed by atoms with Crippen LogP contribution in [0.25, 0.3) is 0 Å². The molecule has 0 bridgehead atoms. The maximum Gasteiger partial charge on any atom is 0.227 e. The van der Waals surface area contributed by atoms with E-state index in [4.69, 9.17) is 9.47 Å². The lowest BCUT2D eigenvalue weighted by molar-refractivity contribution is -0.133. The molecule has 0 saturated carbocycles. The summed E-state index contributed by atoms with van der Waals surface area (Å²) in [5, 5.41) is 3.38. The number of halogens is 1. The minimum Gasteiger partial charge on any atom is -0.497 e. The van der Waals surface area contributed by atoms with Crippen molar-refractivity contribution >= 4 is 18.3 Å². The average molecular weight is 377 g/mol. The van der Waals surface area contributed by atoms with Crippen molar-refractivity contribution in [2.75, 3.05) is 33.9 Å². The van der Waals surface area contributed by atoms with Crippen LogP contribution in [0.5, 0.6) is 11.5 Å². The third-order valence-corrected chi connectivity index (χ3v) is 4.55. The van der Waals surface area contributed by atoms with E-state index in [-0.39, 0.29) is 24.4 Å². The van der Waals surface area contributed by atoms with E-state index in [1.54, 1.807) is 14.2 Å². The Balaban J connectivity index is 0.00000243. The Morgan fingerprint density at radius 1 is 1.15 bits per heavy atom. The van der Waals surface area contributed by atoms with Crippen molar-refractivity contribution in [3.05, 3.63) is 59.7 Å². The van der Waals surface area contributed by atoms with E-state index in [9.17, 15) is 4.79 Å². The molecule has 1 N–H and O–H groups in total. The van der Waals surface area contributed by atoms with Crippen LogP contribution >= 0.6 is 12.4 Å². The van der Waals surface area contributed by atoms with Gasteiger partial charge >= 0.3 is 0 Å². The van der Waals surface area contributed by atoms with E-state index in [1.807, 2.05) is 53.4 Å². The molecule has 1 unspecified atom stereocenters. The van der Waals surface area contributed by atoms with Crippen molar-refractivity contribution < 1.29 is 14.3 Å². The van der Waals surface area contributed by atoms with E-state index in [0.717, 1.165) is 35.7 Å². The van der Waals surface area contributed by atoms with Gasteiger partial charge < -0.3 is 19.7 Å². The fraction of sp³-hybridized carbons (Fsp3) is 0.350. The Kier molecular flexibility index (Phi) is 7.30. The molecule has 1 atom stereocenters. The van der Waals surface area contributed by atoms with Gasteiger partial charge in [0.15, 0.2) is 0 Å². The van der Waals surface area contributed by atoms with E-state index < -0.39 is 0 Å². The largest absolute Gasteiger partial charge is 0.497 e. The molecular weight excluding hydrogens is 352 g/mol. The first-order chi connectivity index (χ1) is 12.2. The molecule has 0 aliphatic carbocycles. The van der Waals surface area contributed by atoms with Gasteiger partial charge in [-0.1, -0.05) is 30.3 Å².